The molecular weight excluding hydrogens is 210 g/mol. The molecule has 0 spiro atoms. The molecule has 3 heteroatoms. The predicted octanol–water partition coefficient (Wildman–Crippen LogP) is 1.11. The minimum absolute atomic E-state index is 0.253. The predicted molar refractivity (Wildman–Crippen MR) is 71.9 cm³/mol. The fraction of sp³-hybridized carbons (Fsp3) is 0.571. The largest absolute Gasteiger partial charge is 0.321 e. The molecule has 1 aliphatic heterocycles. The van der Waals surface area contributed by atoms with E-state index < -0.39 is 0 Å². The van der Waals surface area contributed by atoms with E-state index in [1.54, 1.807) is 0 Å². The summed E-state index contributed by atoms with van der Waals surface area (Å²) in [5, 5.41) is 0. The summed E-state index contributed by atoms with van der Waals surface area (Å²) in [7, 11) is 2.18. The van der Waals surface area contributed by atoms with Gasteiger partial charge in [0.05, 0.1) is 5.54 Å². The Kier molecular flexibility index (Phi) is 3.82. The highest BCUT2D eigenvalue weighted by molar-refractivity contribution is 5.23. The van der Waals surface area contributed by atoms with Crippen LogP contribution in [0, 0.1) is 0 Å². The number of hydrogen-bond acceptors (Lipinski definition) is 3. The second kappa shape index (κ2) is 5.17. The molecule has 1 aliphatic rings. The van der Waals surface area contributed by atoms with Crippen LogP contribution >= 0.6 is 0 Å². The first kappa shape index (κ1) is 12.6. The van der Waals surface area contributed by atoms with Crippen molar-refractivity contribution in [2.45, 2.75) is 12.5 Å². The van der Waals surface area contributed by atoms with Gasteiger partial charge in [0.15, 0.2) is 0 Å². The second-order valence-corrected chi connectivity index (χ2v) is 5.36. The van der Waals surface area contributed by atoms with Crippen molar-refractivity contribution < 1.29 is 0 Å². The number of rotatable bonds is 3. The van der Waals surface area contributed by atoms with Crippen LogP contribution in [-0.2, 0) is 5.54 Å². The molecule has 0 amide bonds. The van der Waals surface area contributed by atoms with Crippen molar-refractivity contribution in [1.82, 2.24) is 9.80 Å². The number of benzene rings is 1. The Morgan fingerprint density at radius 3 is 2.29 bits per heavy atom. The van der Waals surface area contributed by atoms with E-state index in [0.717, 1.165) is 32.7 Å². The third kappa shape index (κ3) is 3.28. The van der Waals surface area contributed by atoms with Gasteiger partial charge in [0.1, 0.15) is 0 Å². The van der Waals surface area contributed by atoms with Crippen molar-refractivity contribution in [3.8, 4) is 0 Å². The second-order valence-electron chi connectivity index (χ2n) is 5.36. The third-order valence-corrected chi connectivity index (χ3v) is 3.58. The van der Waals surface area contributed by atoms with E-state index in [0.29, 0.717) is 0 Å². The molecule has 0 aromatic heterocycles. The quantitative estimate of drug-likeness (QED) is 0.849. The Morgan fingerprint density at radius 2 is 1.71 bits per heavy atom. The lowest BCUT2D eigenvalue weighted by Crippen LogP contribution is -2.52. The van der Waals surface area contributed by atoms with Crippen LogP contribution in [0.25, 0.3) is 0 Å². The SMILES string of the molecule is CN1CCN(CC(C)(N)c2ccccc2)CC1. The van der Waals surface area contributed by atoms with Crippen LogP contribution in [0.2, 0.25) is 0 Å². The van der Waals surface area contributed by atoms with Crippen molar-refractivity contribution in [1.29, 1.82) is 0 Å². The van der Waals surface area contributed by atoms with Gasteiger partial charge in [-0.25, -0.2) is 0 Å². The lowest BCUT2D eigenvalue weighted by Gasteiger charge is -2.37. The molecule has 1 fully saturated rings. The molecule has 2 N–H and O–H groups in total. The molecule has 3 nitrogen and oxygen atoms in total. The zero-order chi connectivity index (χ0) is 12.3. The summed E-state index contributed by atoms with van der Waals surface area (Å²) in [6.45, 7) is 7.59. The van der Waals surface area contributed by atoms with Gasteiger partial charge >= 0.3 is 0 Å². The first-order valence-corrected chi connectivity index (χ1v) is 6.33. The molecule has 1 saturated heterocycles. The molecule has 0 radical (unpaired) electrons. The fourth-order valence-electron chi connectivity index (χ4n) is 2.38. The molecule has 1 heterocycles. The van der Waals surface area contributed by atoms with E-state index in [9.17, 15) is 0 Å². The smallest absolute Gasteiger partial charge is 0.0509 e. The maximum Gasteiger partial charge on any atom is 0.0509 e. The monoisotopic (exact) mass is 233 g/mol. The van der Waals surface area contributed by atoms with Crippen LogP contribution in [0.1, 0.15) is 12.5 Å². The summed E-state index contributed by atoms with van der Waals surface area (Å²) in [5.74, 6) is 0. The maximum atomic E-state index is 6.45. The minimum atomic E-state index is -0.253. The summed E-state index contributed by atoms with van der Waals surface area (Å²) in [6, 6.07) is 10.4. The van der Waals surface area contributed by atoms with Gasteiger partial charge in [-0.3, -0.25) is 4.90 Å². The van der Waals surface area contributed by atoms with E-state index >= 15 is 0 Å². The molecule has 1 aromatic rings. The van der Waals surface area contributed by atoms with Crippen molar-refractivity contribution in [3.05, 3.63) is 35.9 Å². The van der Waals surface area contributed by atoms with Crippen LogP contribution in [0.5, 0.6) is 0 Å². The van der Waals surface area contributed by atoms with E-state index in [1.807, 2.05) is 6.07 Å². The average Bonchev–Trinajstić information content (AvgIpc) is 2.33. The maximum absolute atomic E-state index is 6.45. The molecule has 2 rings (SSSR count). The number of nitrogens with two attached hydrogens (primary N) is 1. The molecule has 0 aliphatic carbocycles. The molecule has 1 unspecified atom stereocenters. The van der Waals surface area contributed by atoms with Crippen LogP contribution in [-0.4, -0.2) is 49.6 Å². The van der Waals surface area contributed by atoms with Crippen molar-refractivity contribution >= 4 is 0 Å². The summed E-state index contributed by atoms with van der Waals surface area (Å²) in [5.41, 5.74) is 7.42. The summed E-state index contributed by atoms with van der Waals surface area (Å²) < 4.78 is 0. The highest BCUT2D eigenvalue weighted by Gasteiger charge is 2.25. The molecule has 0 bridgehead atoms. The first-order chi connectivity index (χ1) is 8.08. The van der Waals surface area contributed by atoms with E-state index in [2.05, 4.69) is 48.0 Å². The summed E-state index contributed by atoms with van der Waals surface area (Å²) in [4.78, 5) is 4.83. The topological polar surface area (TPSA) is 32.5 Å². The van der Waals surface area contributed by atoms with E-state index in [1.165, 1.54) is 5.56 Å². The molecule has 0 saturated carbocycles. The highest BCUT2D eigenvalue weighted by Crippen LogP contribution is 2.19. The van der Waals surface area contributed by atoms with Crippen LogP contribution < -0.4 is 5.73 Å². The zero-order valence-electron chi connectivity index (χ0n) is 10.9. The van der Waals surface area contributed by atoms with Gasteiger partial charge in [0, 0.05) is 32.7 Å². The van der Waals surface area contributed by atoms with Crippen molar-refractivity contribution in [2.75, 3.05) is 39.8 Å². The number of likely N-dealkylation sites (N-methyl/N-ethyl adjacent to an activating group) is 1. The lowest BCUT2D eigenvalue weighted by atomic mass is 9.92. The first-order valence-electron chi connectivity index (χ1n) is 6.33. The summed E-state index contributed by atoms with van der Waals surface area (Å²) in [6.07, 6.45) is 0. The van der Waals surface area contributed by atoms with Gasteiger partial charge in [0.2, 0.25) is 0 Å². The highest BCUT2D eigenvalue weighted by atomic mass is 15.3. The summed E-state index contributed by atoms with van der Waals surface area (Å²) >= 11 is 0. The minimum Gasteiger partial charge on any atom is -0.321 e. The van der Waals surface area contributed by atoms with Crippen molar-refractivity contribution in [3.63, 3.8) is 0 Å². The Balaban J connectivity index is 1.98. The lowest BCUT2D eigenvalue weighted by molar-refractivity contribution is 0.130. The fourth-order valence-corrected chi connectivity index (χ4v) is 2.38. The average molecular weight is 233 g/mol. The Labute approximate surface area is 104 Å². The number of piperazine rings is 1. The Hall–Kier alpha value is -0.900. The zero-order valence-corrected chi connectivity index (χ0v) is 10.9. The number of nitrogens with zero attached hydrogens (tertiary/aromatic N) is 2. The molecule has 1 aromatic carbocycles. The number of hydrogen-bond donors (Lipinski definition) is 1. The standard InChI is InChI=1S/C14H23N3/c1-14(15,13-6-4-3-5-7-13)12-17-10-8-16(2)9-11-17/h3-7H,8-12,15H2,1-2H3. The molecule has 94 valence electrons. The van der Waals surface area contributed by atoms with Crippen molar-refractivity contribution in [2.24, 2.45) is 5.73 Å². The van der Waals surface area contributed by atoms with Crippen LogP contribution in [0.4, 0.5) is 0 Å². The molecule has 17 heavy (non-hydrogen) atoms. The van der Waals surface area contributed by atoms with E-state index in [4.69, 9.17) is 5.73 Å². The van der Waals surface area contributed by atoms with Crippen LogP contribution in [0.3, 0.4) is 0 Å². The van der Waals surface area contributed by atoms with Gasteiger partial charge < -0.3 is 10.6 Å². The van der Waals surface area contributed by atoms with Gasteiger partial charge in [-0.1, -0.05) is 30.3 Å². The molecular formula is C14H23N3. The van der Waals surface area contributed by atoms with Gasteiger partial charge in [-0.2, -0.15) is 0 Å². The van der Waals surface area contributed by atoms with Gasteiger partial charge in [-0.05, 0) is 19.5 Å². The Morgan fingerprint density at radius 1 is 1.12 bits per heavy atom. The normalized spacial score (nSPS) is 22.3. The van der Waals surface area contributed by atoms with E-state index in [-0.39, 0.29) is 5.54 Å². The Bertz CT molecular complexity index is 340. The molecule has 1 atom stereocenters. The van der Waals surface area contributed by atoms with Gasteiger partial charge in [-0.15, -0.1) is 0 Å². The van der Waals surface area contributed by atoms with Crippen LogP contribution in [0.15, 0.2) is 30.3 Å². The van der Waals surface area contributed by atoms with Gasteiger partial charge in [0.25, 0.3) is 0 Å². The third-order valence-electron chi connectivity index (χ3n) is 3.58.